The first-order valence-electron chi connectivity index (χ1n) is 8.13. The van der Waals surface area contributed by atoms with Gasteiger partial charge in [0, 0.05) is 15.7 Å². The second-order valence-corrected chi connectivity index (χ2v) is 8.49. The third-order valence-corrected chi connectivity index (χ3v) is 7.14. The fourth-order valence-corrected chi connectivity index (χ4v) is 6.14. The summed E-state index contributed by atoms with van der Waals surface area (Å²) in [6, 6.07) is 9.09. The number of nitrogens with one attached hydrogen (secondary N) is 1. The van der Waals surface area contributed by atoms with E-state index in [0.717, 1.165) is 5.92 Å². The van der Waals surface area contributed by atoms with E-state index in [2.05, 4.69) is 40.3 Å². The van der Waals surface area contributed by atoms with E-state index in [0.29, 0.717) is 11.3 Å². The SMILES string of the molecule is O=CO.c1csc(C(c2cccs2)C2CC3(CCNCC3)C2)c1. The van der Waals surface area contributed by atoms with Gasteiger partial charge in [-0.25, -0.2) is 0 Å². The predicted molar refractivity (Wildman–Crippen MR) is 96.4 cm³/mol. The maximum atomic E-state index is 8.36. The molecule has 2 aliphatic rings. The van der Waals surface area contributed by atoms with Crippen molar-refractivity contribution in [2.45, 2.75) is 31.6 Å². The van der Waals surface area contributed by atoms with Crippen molar-refractivity contribution in [1.82, 2.24) is 5.32 Å². The Bertz CT molecular complexity index is 546. The Hall–Kier alpha value is -1.17. The highest BCUT2D eigenvalue weighted by Gasteiger charge is 2.48. The summed E-state index contributed by atoms with van der Waals surface area (Å²) in [4.78, 5) is 11.5. The summed E-state index contributed by atoms with van der Waals surface area (Å²) in [6.07, 6.45) is 5.67. The summed E-state index contributed by atoms with van der Waals surface area (Å²) in [7, 11) is 0. The normalized spacial score (nSPS) is 19.9. The first kappa shape index (κ1) is 16.7. The van der Waals surface area contributed by atoms with E-state index in [9.17, 15) is 0 Å². The lowest BCUT2D eigenvalue weighted by molar-refractivity contribution is -0.122. The Morgan fingerprint density at radius 3 is 2.09 bits per heavy atom. The molecule has 0 radical (unpaired) electrons. The average molecular weight is 350 g/mol. The third-order valence-electron chi connectivity index (χ3n) is 5.23. The zero-order valence-electron chi connectivity index (χ0n) is 13.1. The molecule has 1 saturated carbocycles. The average Bonchev–Trinajstić information content (AvgIpc) is 3.21. The van der Waals surface area contributed by atoms with Gasteiger partial charge in [0.25, 0.3) is 6.47 Å². The topological polar surface area (TPSA) is 49.3 Å². The van der Waals surface area contributed by atoms with E-state index in [1.54, 1.807) is 9.75 Å². The fraction of sp³-hybridized carbons (Fsp3) is 0.500. The number of thiophene rings is 2. The first-order valence-corrected chi connectivity index (χ1v) is 9.89. The molecular weight excluding hydrogens is 326 g/mol. The number of hydrogen-bond donors (Lipinski definition) is 2. The molecule has 2 fully saturated rings. The standard InChI is InChI=1S/C17H21NS2.CH2O2/c1-3-14(19-9-1)16(15-4-2-10-20-15)13-11-17(12-13)5-7-18-8-6-17;2-1-3/h1-4,9-10,13,16,18H,5-8,11-12H2;1H,(H,2,3). The minimum Gasteiger partial charge on any atom is -0.483 e. The van der Waals surface area contributed by atoms with Crippen LogP contribution < -0.4 is 5.32 Å². The van der Waals surface area contributed by atoms with E-state index in [1.165, 1.54) is 38.8 Å². The molecule has 2 aromatic rings. The van der Waals surface area contributed by atoms with E-state index < -0.39 is 0 Å². The zero-order valence-corrected chi connectivity index (χ0v) is 14.7. The molecule has 1 spiro atoms. The van der Waals surface area contributed by atoms with Crippen molar-refractivity contribution in [3.63, 3.8) is 0 Å². The van der Waals surface area contributed by atoms with Crippen LogP contribution in [0.15, 0.2) is 35.0 Å². The smallest absolute Gasteiger partial charge is 0.290 e. The van der Waals surface area contributed by atoms with Gasteiger partial charge in [-0.15, -0.1) is 22.7 Å². The molecule has 5 heteroatoms. The molecule has 0 atom stereocenters. The van der Waals surface area contributed by atoms with E-state index in [4.69, 9.17) is 9.90 Å². The highest BCUT2D eigenvalue weighted by atomic mass is 32.1. The first-order chi connectivity index (χ1) is 11.3. The van der Waals surface area contributed by atoms with Gasteiger partial charge in [0.2, 0.25) is 0 Å². The predicted octanol–water partition coefficient (Wildman–Crippen LogP) is 4.42. The molecule has 2 N–H and O–H groups in total. The molecule has 4 rings (SSSR count). The van der Waals surface area contributed by atoms with E-state index in [-0.39, 0.29) is 6.47 Å². The number of piperidine rings is 1. The second kappa shape index (κ2) is 7.60. The molecule has 1 aliphatic carbocycles. The molecular formula is C18H23NO2S2. The lowest BCUT2D eigenvalue weighted by Crippen LogP contribution is -2.47. The fourth-order valence-electron chi connectivity index (χ4n) is 4.19. The summed E-state index contributed by atoms with van der Waals surface area (Å²) < 4.78 is 0. The van der Waals surface area contributed by atoms with Crippen LogP contribution in [0.3, 0.4) is 0 Å². The van der Waals surface area contributed by atoms with Crippen LogP contribution in [0.2, 0.25) is 0 Å². The maximum Gasteiger partial charge on any atom is 0.290 e. The van der Waals surface area contributed by atoms with Crippen LogP contribution in [-0.4, -0.2) is 24.7 Å². The zero-order chi connectivity index (χ0) is 16.1. The summed E-state index contributed by atoms with van der Waals surface area (Å²) in [5.74, 6) is 1.53. The molecule has 0 amide bonds. The van der Waals surface area contributed by atoms with Gasteiger partial charge in [0.05, 0.1) is 0 Å². The van der Waals surface area contributed by atoms with Crippen LogP contribution in [0.4, 0.5) is 0 Å². The highest BCUT2D eigenvalue weighted by Crippen LogP contribution is 2.58. The number of hydrogen-bond acceptors (Lipinski definition) is 4. The van der Waals surface area contributed by atoms with E-state index in [1.807, 2.05) is 22.7 Å². The van der Waals surface area contributed by atoms with Crippen molar-refractivity contribution in [3.05, 3.63) is 44.8 Å². The molecule has 23 heavy (non-hydrogen) atoms. The van der Waals surface area contributed by atoms with Crippen LogP contribution in [0, 0.1) is 11.3 Å². The Balaban J connectivity index is 0.000000485. The molecule has 124 valence electrons. The Labute approximate surface area is 145 Å². The minimum absolute atomic E-state index is 0.250. The third kappa shape index (κ3) is 3.67. The van der Waals surface area contributed by atoms with Gasteiger partial charge in [-0.3, -0.25) is 4.79 Å². The summed E-state index contributed by atoms with van der Waals surface area (Å²) in [5.41, 5.74) is 0.683. The summed E-state index contributed by atoms with van der Waals surface area (Å²) in [5, 5.41) is 14.9. The van der Waals surface area contributed by atoms with Crippen LogP contribution in [0.25, 0.3) is 0 Å². The maximum absolute atomic E-state index is 8.36. The molecule has 2 aromatic heterocycles. The lowest BCUT2D eigenvalue weighted by atomic mass is 9.54. The second-order valence-electron chi connectivity index (χ2n) is 6.53. The highest BCUT2D eigenvalue weighted by molar-refractivity contribution is 7.11. The molecule has 0 aromatic carbocycles. The van der Waals surface area contributed by atoms with Crippen molar-refractivity contribution >= 4 is 29.1 Å². The lowest BCUT2D eigenvalue weighted by Gasteiger charge is -2.52. The van der Waals surface area contributed by atoms with Gasteiger partial charge in [-0.1, -0.05) is 12.1 Å². The monoisotopic (exact) mass is 349 g/mol. The van der Waals surface area contributed by atoms with Crippen LogP contribution in [-0.2, 0) is 4.79 Å². The van der Waals surface area contributed by atoms with Crippen molar-refractivity contribution in [1.29, 1.82) is 0 Å². The van der Waals surface area contributed by atoms with Crippen molar-refractivity contribution < 1.29 is 9.90 Å². The number of carbonyl (C=O) groups is 1. The van der Waals surface area contributed by atoms with Gasteiger partial charge in [-0.2, -0.15) is 0 Å². The summed E-state index contributed by atoms with van der Waals surface area (Å²) >= 11 is 3.87. The molecule has 1 saturated heterocycles. The summed E-state index contributed by atoms with van der Waals surface area (Å²) in [6.45, 7) is 2.21. The van der Waals surface area contributed by atoms with Crippen molar-refractivity contribution in [2.75, 3.05) is 13.1 Å². The number of rotatable bonds is 3. The Morgan fingerprint density at radius 1 is 1.13 bits per heavy atom. The number of carboxylic acid groups (broad SMARTS) is 1. The van der Waals surface area contributed by atoms with Gasteiger partial charge in [0.1, 0.15) is 0 Å². The molecule has 0 unspecified atom stereocenters. The van der Waals surface area contributed by atoms with E-state index >= 15 is 0 Å². The van der Waals surface area contributed by atoms with Crippen LogP contribution in [0.5, 0.6) is 0 Å². The Kier molecular flexibility index (Phi) is 5.51. The van der Waals surface area contributed by atoms with Crippen LogP contribution in [0.1, 0.15) is 41.4 Å². The van der Waals surface area contributed by atoms with Gasteiger partial charge in [0.15, 0.2) is 0 Å². The quantitative estimate of drug-likeness (QED) is 0.806. The molecule has 3 heterocycles. The molecule has 0 bridgehead atoms. The molecule has 1 aliphatic heterocycles. The molecule has 3 nitrogen and oxygen atoms in total. The van der Waals surface area contributed by atoms with Gasteiger partial charge >= 0.3 is 0 Å². The van der Waals surface area contributed by atoms with Crippen LogP contribution >= 0.6 is 22.7 Å². The largest absolute Gasteiger partial charge is 0.483 e. The van der Waals surface area contributed by atoms with Gasteiger partial charge < -0.3 is 10.4 Å². The van der Waals surface area contributed by atoms with Crippen molar-refractivity contribution in [2.24, 2.45) is 11.3 Å². The van der Waals surface area contributed by atoms with Gasteiger partial charge in [-0.05, 0) is 73.0 Å². The minimum atomic E-state index is -0.250. The van der Waals surface area contributed by atoms with Crippen molar-refractivity contribution in [3.8, 4) is 0 Å². The Morgan fingerprint density at radius 2 is 1.65 bits per heavy atom.